The van der Waals surface area contributed by atoms with Crippen LogP contribution in [0.1, 0.15) is 35.1 Å². The lowest BCUT2D eigenvalue weighted by molar-refractivity contribution is -0.134. The van der Waals surface area contributed by atoms with E-state index in [0.717, 1.165) is 43.6 Å². The van der Waals surface area contributed by atoms with Crippen molar-refractivity contribution in [1.82, 2.24) is 9.80 Å². The molecule has 30 heavy (non-hydrogen) atoms. The molecule has 2 aliphatic rings. The van der Waals surface area contributed by atoms with Crippen molar-refractivity contribution in [2.24, 2.45) is 5.92 Å². The summed E-state index contributed by atoms with van der Waals surface area (Å²) in [7, 11) is 3.64. The molecule has 0 bridgehead atoms. The van der Waals surface area contributed by atoms with Crippen molar-refractivity contribution < 1.29 is 14.6 Å². The number of ether oxygens (including phenoxy) is 1. The van der Waals surface area contributed by atoms with E-state index < -0.39 is 0 Å². The first-order chi connectivity index (χ1) is 14.5. The number of fused-ring (bicyclic) bond motifs is 2. The predicted molar refractivity (Wildman–Crippen MR) is 117 cm³/mol. The summed E-state index contributed by atoms with van der Waals surface area (Å²) in [4.78, 5) is 17.0. The first kappa shape index (κ1) is 21.0. The van der Waals surface area contributed by atoms with Crippen molar-refractivity contribution >= 4 is 5.91 Å². The molecular formula is C25H32N2O3. The molecule has 160 valence electrons. The molecule has 1 fully saturated rings. The molecule has 0 aliphatic carbocycles. The van der Waals surface area contributed by atoms with Crippen molar-refractivity contribution in [3.05, 3.63) is 70.8 Å². The molecule has 5 nitrogen and oxygen atoms in total. The monoisotopic (exact) mass is 408 g/mol. The number of hydrogen-bond acceptors (Lipinski definition) is 4. The zero-order chi connectivity index (χ0) is 21.1. The van der Waals surface area contributed by atoms with Crippen molar-refractivity contribution in [2.45, 2.75) is 38.1 Å². The van der Waals surface area contributed by atoms with E-state index in [-0.39, 0.29) is 24.0 Å². The van der Waals surface area contributed by atoms with Gasteiger partial charge < -0.3 is 19.6 Å². The average Bonchev–Trinajstić information content (AvgIpc) is 3.13. The Morgan fingerprint density at radius 3 is 2.47 bits per heavy atom. The first-order valence-electron chi connectivity index (χ1n) is 10.9. The molecule has 1 atom stereocenters. The Hall–Kier alpha value is -2.21. The number of hydrogen-bond donors (Lipinski definition) is 1. The van der Waals surface area contributed by atoms with Crippen molar-refractivity contribution in [3.63, 3.8) is 0 Å². The van der Waals surface area contributed by atoms with E-state index in [9.17, 15) is 9.90 Å². The highest BCUT2D eigenvalue weighted by molar-refractivity contribution is 5.79. The third-order valence-corrected chi connectivity index (χ3v) is 6.70. The van der Waals surface area contributed by atoms with Crippen LogP contribution in [0.25, 0.3) is 0 Å². The van der Waals surface area contributed by atoms with Gasteiger partial charge in [-0.1, -0.05) is 48.5 Å². The minimum Gasteiger partial charge on any atom is -0.392 e. The number of nitrogens with zero attached hydrogens (tertiary/aromatic N) is 2. The van der Waals surface area contributed by atoms with Crippen LogP contribution in [0.15, 0.2) is 48.5 Å². The minimum atomic E-state index is -0.155. The maximum absolute atomic E-state index is 12.9. The Labute approximate surface area is 179 Å². The third kappa shape index (κ3) is 4.15. The molecule has 2 heterocycles. The molecule has 1 unspecified atom stereocenters. The molecule has 1 spiro atoms. The number of benzene rings is 2. The second-order valence-corrected chi connectivity index (χ2v) is 8.80. The van der Waals surface area contributed by atoms with Crippen LogP contribution in [0.3, 0.4) is 0 Å². The van der Waals surface area contributed by atoms with E-state index in [2.05, 4.69) is 29.2 Å². The second kappa shape index (κ2) is 8.88. The molecule has 5 heteroatoms. The smallest absolute Gasteiger partial charge is 0.226 e. The fraction of sp³-hybridized carbons (Fsp3) is 0.480. The number of carbonyl (C=O) groups excluding carboxylic acids is 1. The lowest BCUT2D eigenvalue weighted by Gasteiger charge is -2.40. The summed E-state index contributed by atoms with van der Waals surface area (Å²) < 4.78 is 6.29. The highest BCUT2D eigenvalue weighted by atomic mass is 16.5. The second-order valence-electron chi connectivity index (χ2n) is 8.80. The lowest BCUT2D eigenvalue weighted by Crippen LogP contribution is -2.46. The van der Waals surface area contributed by atoms with Crippen LogP contribution in [0.5, 0.6) is 0 Å². The van der Waals surface area contributed by atoms with E-state index in [0.29, 0.717) is 13.0 Å². The van der Waals surface area contributed by atoms with Gasteiger partial charge in [-0.15, -0.1) is 0 Å². The fourth-order valence-electron chi connectivity index (χ4n) is 4.98. The van der Waals surface area contributed by atoms with E-state index in [1.54, 1.807) is 4.90 Å². The average molecular weight is 409 g/mol. The van der Waals surface area contributed by atoms with Crippen molar-refractivity contribution in [2.75, 3.05) is 33.7 Å². The minimum absolute atomic E-state index is 0.00201. The number of aliphatic hydroxyl groups excluding tert-OH is 1. The summed E-state index contributed by atoms with van der Waals surface area (Å²) in [6.45, 7) is 3.28. The first-order valence-corrected chi connectivity index (χ1v) is 10.9. The molecule has 0 aromatic heterocycles. The summed E-state index contributed by atoms with van der Waals surface area (Å²) in [5.41, 5.74) is 4.47. The van der Waals surface area contributed by atoms with Gasteiger partial charge in [-0.25, -0.2) is 0 Å². The number of aliphatic hydroxyl groups is 1. The van der Waals surface area contributed by atoms with Crippen LogP contribution >= 0.6 is 0 Å². The van der Waals surface area contributed by atoms with Gasteiger partial charge in [0.2, 0.25) is 5.91 Å². The van der Waals surface area contributed by atoms with Crippen molar-refractivity contribution in [1.29, 1.82) is 0 Å². The standard InChI is InChI=1S/C25H32N2O3/c1-26(2)24(29)22(15-19-7-3-4-8-20(19)17-28)16-27-13-11-25(12-14-27)23-10-6-5-9-21(23)18-30-25/h3-10,22,28H,11-18H2,1-2H3. The molecule has 0 saturated carbocycles. The van der Waals surface area contributed by atoms with E-state index >= 15 is 0 Å². The van der Waals surface area contributed by atoms with Crippen molar-refractivity contribution in [3.8, 4) is 0 Å². The van der Waals surface area contributed by atoms with Gasteiger partial charge in [0.25, 0.3) is 0 Å². The Morgan fingerprint density at radius 1 is 1.10 bits per heavy atom. The molecule has 1 amide bonds. The molecule has 2 aromatic carbocycles. The Morgan fingerprint density at radius 2 is 1.77 bits per heavy atom. The Bertz CT molecular complexity index is 887. The predicted octanol–water partition coefficient (Wildman–Crippen LogP) is 2.95. The molecular weight excluding hydrogens is 376 g/mol. The van der Waals surface area contributed by atoms with Gasteiger partial charge in [-0.2, -0.15) is 0 Å². The summed E-state index contributed by atoms with van der Waals surface area (Å²) >= 11 is 0. The van der Waals surface area contributed by atoms with Crippen LogP contribution in [0.2, 0.25) is 0 Å². The molecule has 2 aromatic rings. The maximum Gasteiger partial charge on any atom is 0.226 e. The summed E-state index contributed by atoms with van der Waals surface area (Å²) in [6.07, 6.45) is 2.56. The van der Waals surface area contributed by atoms with Crippen LogP contribution in [0.4, 0.5) is 0 Å². The topological polar surface area (TPSA) is 53.0 Å². The molecule has 0 radical (unpaired) electrons. The maximum atomic E-state index is 12.9. The Balaban J connectivity index is 1.45. The SMILES string of the molecule is CN(C)C(=O)C(Cc1ccccc1CO)CN1CCC2(CC1)OCc1ccccc12. The third-order valence-electron chi connectivity index (χ3n) is 6.70. The molecule has 2 aliphatic heterocycles. The summed E-state index contributed by atoms with van der Waals surface area (Å²) in [5, 5.41) is 9.68. The number of carbonyl (C=O) groups is 1. The van der Waals surface area contributed by atoms with Gasteiger partial charge >= 0.3 is 0 Å². The zero-order valence-corrected chi connectivity index (χ0v) is 18.0. The summed E-state index contributed by atoms with van der Waals surface area (Å²) in [6, 6.07) is 16.4. The molecule has 4 rings (SSSR count). The van der Waals surface area contributed by atoms with Gasteiger partial charge in [0.05, 0.1) is 24.7 Å². The van der Waals surface area contributed by atoms with Crippen LogP contribution in [-0.4, -0.2) is 54.5 Å². The molecule has 1 N–H and O–H groups in total. The number of piperidine rings is 1. The zero-order valence-electron chi connectivity index (χ0n) is 18.0. The van der Waals surface area contributed by atoms with Crippen LogP contribution in [-0.2, 0) is 34.8 Å². The lowest BCUT2D eigenvalue weighted by atomic mass is 9.83. The van der Waals surface area contributed by atoms with Gasteiger partial charge in [-0.3, -0.25) is 4.79 Å². The van der Waals surface area contributed by atoms with Crippen LogP contribution in [0, 0.1) is 5.92 Å². The largest absolute Gasteiger partial charge is 0.392 e. The number of rotatable bonds is 6. The van der Waals surface area contributed by atoms with Crippen LogP contribution < -0.4 is 0 Å². The van der Waals surface area contributed by atoms with Gasteiger partial charge in [0.15, 0.2) is 0 Å². The van der Waals surface area contributed by atoms with E-state index in [1.165, 1.54) is 11.1 Å². The Kier molecular flexibility index (Phi) is 6.23. The quantitative estimate of drug-likeness (QED) is 0.799. The highest BCUT2D eigenvalue weighted by Gasteiger charge is 2.42. The van der Waals surface area contributed by atoms with Gasteiger partial charge in [0, 0.05) is 33.7 Å². The summed E-state index contributed by atoms with van der Waals surface area (Å²) in [5.74, 6) is 0.0176. The number of amides is 1. The van der Waals surface area contributed by atoms with E-state index in [1.807, 2.05) is 38.4 Å². The molecule has 1 saturated heterocycles. The number of likely N-dealkylation sites (tertiary alicyclic amines) is 1. The normalized spacial score (nSPS) is 18.9. The highest BCUT2D eigenvalue weighted by Crippen LogP contribution is 2.44. The van der Waals surface area contributed by atoms with Gasteiger partial charge in [0.1, 0.15) is 0 Å². The van der Waals surface area contributed by atoms with Gasteiger partial charge in [-0.05, 0) is 41.5 Å². The van der Waals surface area contributed by atoms with E-state index in [4.69, 9.17) is 4.74 Å². The fourth-order valence-corrected chi connectivity index (χ4v) is 4.98.